The Kier molecular flexibility index (Phi) is 3.61. The maximum atomic E-state index is 12.5. The van der Waals surface area contributed by atoms with Gasteiger partial charge in [0.05, 0.1) is 22.8 Å². The third-order valence-electron chi connectivity index (χ3n) is 9.65. The smallest absolute Gasteiger partial charge is 0.223 e. The fraction of sp³-hybridized carbons (Fsp3) is 0.957. The first-order valence-electron chi connectivity index (χ1n) is 11.3. The van der Waals surface area contributed by atoms with Crippen LogP contribution in [0.5, 0.6) is 0 Å². The highest BCUT2D eigenvalue weighted by Crippen LogP contribution is 2.74. The predicted molar refractivity (Wildman–Crippen MR) is 104 cm³/mol. The van der Waals surface area contributed by atoms with Gasteiger partial charge in [0.1, 0.15) is 0 Å². The molecule has 1 spiro atoms. The molecule has 3 saturated carbocycles. The SMILES string of the molecule is CCN1C(=O)CC[C@@]23O[C@@]4(C)C[C@@]5(C)C(CC[C@@H]5C(C)(C)O)C(CCC12)C34. The Bertz CT molecular complexity index is 671. The summed E-state index contributed by atoms with van der Waals surface area (Å²) in [7, 11) is 0. The zero-order valence-electron chi connectivity index (χ0n) is 17.8. The number of carbonyl (C=O) groups excluding carboxylic acids is 1. The number of amides is 1. The molecule has 27 heavy (non-hydrogen) atoms. The molecule has 4 unspecified atom stereocenters. The third kappa shape index (κ3) is 2.10. The first-order valence-corrected chi connectivity index (χ1v) is 11.3. The Hall–Kier alpha value is -0.610. The lowest BCUT2D eigenvalue weighted by Crippen LogP contribution is -2.82. The maximum absolute atomic E-state index is 12.5. The van der Waals surface area contributed by atoms with Gasteiger partial charge < -0.3 is 14.7 Å². The van der Waals surface area contributed by atoms with Crippen molar-refractivity contribution in [1.82, 2.24) is 4.90 Å². The Balaban J connectivity index is 1.52. The summed E-state index contributed by atoms with van der Waals surface area (Å²) in [5, 5.41) is 10.9. The second kappa shape index (κ2) is 5.30. The average Bonchev–Trinajstić information content (AvgIpc) is 2.90. The number of likely N-dealkylation sites (N-methyl/N-ethyl adjacent to an activating group) is 1. The minimum absolute atomic E-state index is 0.0811. The molecule has 1 amide bonds. The lowest BCUT2D eigenvalue weighted by Gasteiger charge is -2.76. The standard InChI is InChI=1S/C23H37NO3/c1-6-24-17-10-7-14-15-8-9-16(20(2,3)26)21(15,4)13-22(5)19(14)23(17,27-22)12-11-18(24)25/h14-17,19,26H,6-13H2,1-5H3/t14?,15?,16-,17?,19?,21+,22+,23-/m1/s1. The molecular weight excluding hydrogens is 338 g/mol. The first-order chi connectivity index (χ1) is 12.6. The Labute approximate surface area is 164 Å². The molecule has 2 heterocycles. The van der Waals surface area contributed by atoms with Gasteiger partial charge in [-0.05, 0) is 89.4 Å². The first kappa shape index (κ1) is 18.4. The van der Waals surface area contributed by atoms with Gasteiger partial charge in [0.15, 0.2) is 0 Å². The molecule has 2 saturated heterocycles. The van der Waals surface area contributed by atoms with Crippen LogP contribution in [0.4, 0.5) is 0 Å². The monoisotopic (exact) mass is 375 g/mol. The molecule has 3 aliphatic carbocycles. The van der Waals surface area contributed by atoms with Gasteiger partial charge in [-0.1, -0.05) is 6.92 Å². The second-order valence-corrected chi connectivity index (χ2v) is 11.4. The Morgan fingerprint density at radius 3 is 2.63 bits per heavy atom. The fourth-order valence-corrected chi connectivity index (χ4v) is 9.40. The number of hydrogen-bond acceptors (Lipinski definition) is 3. The van der Waals surface area contributed by atoms with Crippen LogP contribution in [0.25, 0.3) is 0 Å². The molecule has 0 aromatic carbocycles. The molecule has 4 heteroatoms. The number of piperidine rings is 1. The molecule has 4 nitrogen and oxygen atoms in total. The fourth-order valence-electron chi connectivity index (χ4n) is 9.40. The van der Waals surface area contributed by atoms with Gasteiger partial charge in [-0.15, -0.1) is 0 Å². The highest BCUT2D eigenvalue weighted by Gasteiger charge is 2.77. The minimum Gasteiger partial charge on any atom is -0.390 e. The maximum Gasteiger partial charge on any atom is 0.223 e. The summed E-state index contributed by atoms with van der Waals surface area (Å²) in [6.45, 7) is 11.7. The summed E-state index contributed by atoms with van der Waals surface area (Å²) in [4.78, 5) is 14.6. The molecule has 152 valence electrons. The van der Waals surface area contributed by atoms with E-state index in [1.165, 1.54) is 12.8 Å². The number of ether oxygens (including phenoxy) is 1. The van der Waals surface area contributed by atoms with Crippen molar-refractivity contribution in [1.29, 1.82) is 0 Å². The third-order valence-corrected chi connectivity index (χ3v) is 9.65. The predicted octanol–water partition coefficient (Wildman–Crippen LogP) is 3.76. The van der Waals surface area contributed by atoms with E-state index in [2.05, 4.69) is 25.7 Å². The van der Waals surface area contributed by atoms with Gasteiger partial charge >= 0.3 is 0 Å². The summed E-state index contributed by atoms with van der Waals surface area (Å²) in [5.74, 6) is 2.65. The average molecular weight is 376 g/mol. The van der Waals surface area contributed by atoms with Gasteiger partial charge in [0.25, 0.3) is 0 Å². The van der Waals surface area contributed by atoms with Crippen LogP contribution in [0.3, 0.4) is 0 Å². The highest BCUT2D eigenvalue weighted by atomic mass is 16.6. The molecule has 5 aliphatic rings. The number of carbonyl (C=O) groups is 1. The highest BCUT2D eigenvalue weighted by molar-refractivity contribution is 5.78. The van der Waals surface area contributed by atoms with Crippen LogP contribution in [0.1, 0.15) is 79.6 Å². The van der Waals surface area contributed by atoms with E-state index in [9.17, 15) is 9.90 Å². The molecule has 0 aromatic heterocycles. The number of likely N-dealkylation sites (tertiary alicyclic amines) is 1. The lowest BCUT2D eigenvalue weighted by atomic mass is 9.42. The molecular formula is C23H37NO3. The van der Waals surface area contributed by atoms with Crippen LogP contribution in [0.2, 0.25) is 0 Å². The Morgan fingerprint density at radius 2 is 1.96 bits per heavy atom. The van der Waals surface area contributed by atoms with Crippen LogP contribution in [-0.2, 0) is 9.53 Å². The van der Waals surface area contributed by atoms with Crippen molar-refractivity contribution in [2.75, 3.05) is 6.54 Å². The van der Waals surface area contributed by atoms with Crippen LogP contribution in [-0.4, -0.2) is 45.3 Å². The Morgan fingerprint density at radius 1 is 1.22 bits per heavy atom. The summed E-state index contributed by atoms with van der Waals surface area (Å²) in [5.41, 5.74) is -0.628. The van der Waals surface area contributed by atoms with Gasteiger partial charge in [-0.2, -0.15) is 0 Å². The van der Waals surface area contributed by atoms with Crippen molar-refractivity contribution < 1.29 is 14.6 Å². The molecule has 8 atom stereocenters. The number of fused-ring (bicyclic) bond motifs is 2. The zero-order valence-corrected chi connectivity index (χ0v) is 17.8. The van der Waals surface area contributed by atoms with Crippen LogP contribution >= 0.6 is 0 Å². The van der Waals surface area contributed by atoms with Gasteiger partial charge in [-0.3, -0.25) is 4.79 Å². The van der Waals surface area contributed by atoms with Crippen molar-refractivity contribution in [3.63, 3.8) is 0 Å². The second-order valence-electron chi connectivity index (χ2n) is 11.4. The molecule has 0 aromatic rings. The van der Waals surface area contributed by atoms with Crippen molar-refractivity contribution >= 4 is 5.91 Å². The topological polar surface area (TPSA) is 49.8 Å². The minimum atomic E-state index is -0.623. The molecule has 1 N–H and O–H groups in total. The van der Waals surface area contributed by atoms with E-state index >= 15 is 0 Å². The van der Waals surface area contributed by atoms with E-state index in [1.807, 2.05) is 13.8 Å². The van der Waals surface area contributed by atoms with Crippen molar-refractivity contribution in [2.24, 2.45) is 29.1 Å². The number of rotatable bonds is 2. The van der Waals surface area contributed by atoms with Crippen molar-refractivity contribution in [2.45, 2.75) is 102 Å². The molecule has 0 bridgehead atoms. The van der Waals surface area contributed by atoms with E-state index in [4.69, 9.17) is 4.74 Å². The van der Waals surface area contributed by atoms with E-state index in [0.29, 0.717) is 36.0 Å². The van der Waals surface area contributed by atoms with Crippen molar-refractivity contribution in [3.05, 3.63) is 0 Å². The zero-order chi connectivity index (χ0) is 19.4. The summed E-state index contributed by atoms with van der Waals surface area (Å²) < 4.78 is 6.93. The molecule has 0 radical (unpaired) electrons. The van der Waals surface area contributed by atoms with Gasteiger partial charge in [0, 0.05) is 18.9 Å². The molecule has 5 rings (SSSR count). The summed E-state index contributed by atoms with van der Waals surface area (Å²) in [6.07, 6.45) is 7.34. The van der Waals surface area contributed by atoms with Gasteiger partial charge in [-0.25, -0.2) is 0 Å². The molecule has 5 fully saturated rings. The lowest BCUT2D eigenvalue weighted by molar-refractivity contribution is -0.400. The van der Waals surface area contributed by atoms with Crippen LogP contribution in [0, 0.1) is 29.1 Å². The van der Waals surface area contributed by atoms with E-state index < -0.39 is 5.60 Å². The largest absolute Gasteiger partial charge is 0.390 e. The van der Waals surface area contributed by atoms with Crippen molar-refractivity contribution in [3.8, 4) is 0 Å². The molecule has 2 aliphatic heterocycles. The van der Waals surface area contributed by atoms with Crippen LogP contribution in [0.15, 0.2) is 0 Å². The van der Waals surface area contributed by atoms with Crippen LogP contribution < -0.4 is 0 Å². The van der Waals surface area contributed by atoms with Gasteiger partial charge in [0.2, 0.25) is 5.91 Å². The van der Waals surface area contributed by atoms with E-state index in [-0.39, 0.29) is 22.7 Å². The van der Waals surface area contributed by atoms with E-state index in [0.717, 1.165) is 32.2 Å². The van der Waals surface area contributed by atoms with E-state index in [1.54, 1.807) is 0 Å². The normalized spacial score (nSPS) is 54.1. The number of nitrogens with zero attached hydrogens (tertiary/aromatic N) is 1. The number of aliphatic hydroxyl groups is 1. The summed E-state index contributed by atoms with van der Waals surface area (Å²) in [6, 6.07) is 0.286. The quantitative estimate of drug-likeness (QED) is 0.799. The summed E-state index contributed by atoms with van der Waals surface area (Å²) >= 11 is 0. The number of hydrogen-bond donors (Lipinski definition) is 1.